The van der Waals surface area contributed by atoms with Gasteiger partial charge in [-0.3, -0.25) is 9.59 Å². The molecular weight excluding hydrogens is 471 g/mol. The predicted molar refractivity (Wildman–Crippen MR) is 129 cm³/mol. The van der Waals surface area contributed by atoms with Crippen molar-refractivity contribution in [3.63, 3.8) is 0 Å². The lowest BCUT2D eigenvalue weighted by Gasteiger charge is -2.12. The van der Waals surface area contributed by atoms with Crippen LogP contribution in [0.5, 0.6) is 11.5 Å². The molecule has 0 saturated carbocycles. The van der Waals surface area contributed by atoms with Gasteiger partial charge >= 0.3 is 0 Å². The van der Waals surface area contributed by atoms with Gasteiger partial charge in [-0.2, -0.15) is 0 Å². The van der Waals surface area contributed by atoms with Gasteiger partial charge in [-0.05, 0) is 43.7 Å². The van der Waals surface area contributed by atoms with Gasteiger partial charge in [0.15, 0.2) is 11.5 Å². The molecule has 1 aromatic heterocycles. The summed E-state index contributed by atoms with van der Waals surface area (Å²) >= 11 is 13.5. The maximum absolute atomic E-state index is 12.7. The van der Waals surface area contributed by atoms with Crippen LogP contribution in [-0.4, -0.2) is 25.0 Å². The average Bonchev–Trinajstić information content (AvgIpc) is 3.13. The molecule has 3 aromatic rings. The van der Waals surface area contributed by atoms with Crippen LogP contribution in [0.15, 0.2) is 41.8 Å². The van der Waals surface area contributed by atoms with Gasteiger partial charge in [-0.1, -0.05) is 35.3 Å². The van der Waals surface area contributed by atoms with Crippen LogP contribution in [0.3, 0.4) is 0 Å². The first kappa shape index (κ1) is 23.9. The van der Waals surface area contributed by atoms with Gasteiger partial charge < -0.3 is 20.5 Å². The first-order chi connectivity index (χ1) is 15.3. The minimum absolute atomic E-state index is 0.0830. The minimum atomic E-state index is -0.665. The van der Waals surface area contributed by atoms with Crippen LogP contribution in [0.1, 0.15) is 29.8 Å². The summed E-state index contributed by atoms with van der Waals surface area (Å²) in [6.07, 6.45) is 0.0830. The van der Waals surface area contributed by atoms with Crippen molar-refractivity contribution in [2.45, 2.75) is 20.3 Å². The Balaban J connectivity index is 1.83. The molecule has 32 heavy (non-hydrogen) atoms. The SMILES string of the molecule is CCOc1ccc(CC(=O)Nc2scc(-c3ccc(Cl)cc3Cl)c2C(N)=O)cc1OCC. The zero-order chi connectivity index (χ0) is 23.3. The normalized spacial score (nSPS) is 10.6. The zero-order valence-electron chi connectivity index (χ0n) is 17.5. The quantitative estimate of drug-likeness (QED) is 0.394. The number of primary amides is 1. The smallest absolute Gasteiger partial charge is 0.252 e. The van der Waals surface area contributed by atoms with E-state index in [1.165, 1.54) is 11.3 Å². The molecule has 2 aromatic carbocycles. The lowest BCUT2D eigenvalue weighted by molar-refractivity contribution is -0.115. The van der Waals surface area contributed by atoms with E-state index in [4.69, 9.17) is 38.4 Å². The van der Waals surface area contributed by atoms with Crippen molar-refractivity contribution in [2.75, 3.05) is 18.5 Å². The average molecular weight is 493 g/mol. The van der Waals surface area contributed by atoms with Crippen LogP contribution in [0.2, 0.25) is 10.0 Å². The summed E-state index contributed by atoms with van der Waals surface area (Å²) < 4.78 is 11.2. The number of hydrogen-bond acceptors (Lipinski definition) is 5. The van der Waals surface area contributed by atoms with Gasteiger partial charge in [0.1, 0.15) is 5.00 Å². The molecule has 3 N–H and O–H groups in total. The third-order valence-electron chi connectivity index (χ3n) is 4.48. The fraction of sp³-hybridized carbons (Fsp3) is 0.217. The number of hydrogen-bond donors (Lipinski definition) is 2. The lowest BCUT2D eigenvalue weighted by atomic mass is 10.0. The summed E-state index contributed by atoms with van der Waals surface area (Å²) in [6, 6.07) is 10.3. The van der Waals surface area contributed by atoms with Crippen LogP contribution in [0.25, 0.3) is 11.1 Å². The van der Waals surface area contributed by atoms with Gasteiger partial charge in [0.25, 0.3) is 5.91 Å². The zero-order valence-corrected chi connectivity index (χ0v) is 19.9. The van der Waals surface area contributed by atoms with Crippen molar-refractivity contribution in [1.29, 1.82) is 0 Å². The van der Waals surface area contributed by atoms with Crippen LogP contribution in [-0.2, 0) is 11.2 Å². The van der Waals surface area contributed by atoms with Gasteiger partial charge in [0.05, 0.1) is 25.2 Å². The summed E-state index contributed by atoms with van der Waals surface area (Å²) in [5.41, 5.74) is 7.71. The topological polar surface area (TPSA) is 90.6 Å². The molecule has 0 saturated heterocycles. The second-order valence-electron chi connectivity index (χ2n) is 6.71. The third-order valence-corrected chi connectivity index (χ3v) is 5.93. The van der Waals surface area contributed by atoms with E-state index in [9.17, 15) is 9.59 Å². The van der Waals surface area contributed by atoms with E-state index < -0.39 is 5.91 Å². The molecule has 168 valence electrons. The molecule has 9 heteroatoms. The van der Waals surface area contributed by atoms with Crippen molar-refractivity contribution >= 4 is 51.4 Å². The van der Waals surface area contributed by atoms with Gasteiger partial charge in [-0.25, -0.2) is 0 Å². The molecule has 0 fully saturated rings. The molecule has 6 nitrogen and oxygen atoms in total. The number of ether oxygens (including phenoxy) is 2. The van der Waals surface area contributed by atoms with Crippen molar-refractivity contribution in [3.8, 4) is 22.6 Å². The van der Waals surface area contributed by atoms with Crippen molar-refractivity contribution in [1.82, 2.24) is 0 Å². The number of anilines is 1. The monoisotopic (exact) mass is 492 g/mol. The Bertz CT molecular complexity index is 1150. The van der Waals surface area contributed by atoms with Gasteiger partial charge in [0, 0.05) is 26.6 Å². The Hall–Kier alpha value is -2.74. The molecule has 0 atom stereocenters. The number of benzene rings is 2. The van der Waals surface area contributed by atoms with E-state index in [0.717, 1.165) is 5.56 Å². The van der Waals surface area contributed by atoms with E-state index in [2.05, 4.69) is 5.32 Å². The van der Waals surface area contributed by atoms with Gasteiger partial charge in [0.2, 0.25) is 5.91 Å². The largest absolute Gasteiger partial charge is 0.490 e. The standard InChI is InChI=1S/C23H22Cl2N2O4S/c1-3-30-18-8-5-13(9-19(18)31-4-2)10-20(28)27-23-21(22(26)29)16(12-32-23)15-7-6-14(24)11-17(15)25/h5-9,11-12H,3-4,10H2,1-2H3,(H2,26,29)(H,27,28). The highest BCUT2D eigenvalue weighted by molar-refractivity contribution is 7.15. The van der Waals surface area contributed by atoms with E-state index in [0.29, 0.717) is 50.9 Å². The Morgan fingerprint density at radius 2 is 1.72 bits per heavy atom. The maximum Gasteiger partial charge on any atom is 0.252 e. The number of nitrogens with two attached hydrogens (primary N) is 1. The second kappa shape index (κ2) is 10.7. The van der Waals surface area contributed by atoms with Crippen molar-refractivity contribution in [3.05, 3.63) is 63.0 Å². The first-order valence-electron chi connectivity index (χ1n) is 9.89. The maximum atomic E-state index is 12.7. The fourth-order valence-corrected chi connectivity index (χ4v) is 4.65. The highest BCUT2D eigenvalue weighted by atomic mass is 35.5. The van der Waals surface area contributed by atoms with Crippen LogP contribution in [0, 0.1) is 0 Å². The molecule has 0 aliphatic heterocycles. The van der Waals surface area contributed by atoms with E-state index >= 15 is 0 Å². The highest BCUT2D eigenvalue weighted by Crippen LogP contribution is 2.39. The summed E-state index contributed by atoms with van der Waals surface area (Å²) in [4.78, 5) is 24.9. The van der Waals surface area contributed by atoms with Crippen LogP contribution < -0.4 is 20.5 Å². The molecule has 3 rings (SSSR count). The Kier molecular flexibility index (Phi) is 8.01. The minimum Gasteiger partial charge on any atom is -0.490 e. The molecular formula is C23H22Cl2N2O4S. The Labute approximate surface area is 200 Å². The summed E-state index contributed by atoms with van der Waals surface area (Å²) in [7, 11) is 0. The molecule has 0 bridgehead atoms. The lowest BCUT2D eigenvalue weighted by Crippen LogP contribution is -2.18. The van der Waals surface area contributed by atoms with Crippen molar-refractivity contribution in [2.24, 2.45) is 5.73 Å². The molecule has 0 aliphatic rings. The molecule has 0 radical (unpaired) electrons. The second-order valence-corrected chi connectivity index (χ2v) is 8.44. The number of halogens is 2. The Morgan fingerprint density at radius 3 is 2.38 bits per heavy atom. The summed E-state index contributed by atoms with van der Waals surface area (Å²) in [5, 5.41) is 5.74. The van der Waals surface area contributed by atoms with Crippen molar-refractivity contribution < 1.29 is 19.1 Å². The summed E-state index contributed by atoms with van der Waals surface area (Å²) in [5.74, 6) is 0.238. The van der Waals surface area contributed by atoms with E-state index in [-0.39, 0.29) is 17.9 Å². The number of carbonyl (C=O) groups excluding carboxylic acids is 2. The number of nitrogens with one attached hydrogen (secondary N) is 1. The first-order valence-corrected chi connectivity index (χ1v) is 11.5. The highest BCUT2D eigenvalue weighted by Gasteiger charge is 2.21. The number of thiophene rings is 1. The predicted octanol–water partition coefficient (Wildman–Crippen LogP) is 5.80. The molecule has 0 aliphatic carbocycles. The third kappa shape index (κ3) is 5.54. The van der Waals surface area contributed by atoms with Crippen LogP contribution >= 0.6 is 34.5 Å². The number of carbonyl (C=O) groups is 2. The van der Waals surface area contributed by atoms with E-state index in [1.807, 2.05) is 13.8 Å². The van der Waals surface area contributed by atoms with Gasteiger partial charge in [-0.15, -0.1) is 11.3 Å². The fourth-order valence-electron chi connectivity index (χ4n) is 3.16. The van der Waals surface area contributed by atoms with Crippen LogP contribution in [0.4, 0.5) is 5.00 Å². The number of amides is 2. The molecule has 0 spiro atoms. The summed E-state index contributed by atoms with van der Waals surface area (Å²) in [6.45, 7) is 4.75. The molecule has 2 amide bonds. The Morgan fingerprint density at radius 1 is 1.00 bits per heavy atom. The van der Waals surface area contributed by atoms with E-state index in [1.54, 1.807) is 41.8 Å². The molecule has 1 heterocycles. The molecule has 0 unspecified atom stereocenters. The number of rotatable bonds is 9.